The summed E-state index contributed by atoms with van der Waals surface area (Å²) in [6.07, 6.45) is -2.95. The second kappa shape index (κ2) is 7.65. The number of benzene rings is 1. The van der Waals surface area contributed by atoms with E-state index in [-0.39, 0.29) is 6.54 Å². The molecule has 0 aromatic heterocycles. The zero-order valence-corrected chi connectivity index (χ0v) is 12.9. The van der Waals surface area contributed by atoms with E-state index in [1.54, 1.807) is 0 Å². The van der Waals surface area contributed by atoms with E-state index in [0.29, 0.717) is 18.6 Å². The van der Waals surface area contributed by atoms with Crippen molar-refractivity contribution in [3.63, 3.8) is 0 Å². The Morgan fingerprint density at radius 3 is 2.38 bits per heavy atom. The van der Waals surface area contributed by atoms with Crippen LogP contribution in [0.15, 0.2) is 24.3 Å². The molecule has 1 saturated heterocycles. The molecule has 5 nitrogen and oxygen atoms in total. The molecule has 0 bridgehead atoms. The number of rotatable bonds is 5. The zero-order chi connectivity index (χ0) is 17.7. The molecule has 1 aliphatic rings. The molecule has 24 heavy (non-hydrogen) atoms. The van der Waals surface area contributed by atoms with Gasteiger partial charge < -0.3 is 14.7 Å². The average molecular weight is 345 g/mol. The van der Waals surface area contributed by atoms with Crippen LogP contribution in [0.1, 0.15) is 30.4 Å². The molecule has 1 heterocycles. The van der Waals surface area contributed by atoms with Crippen LogP contribution in [-0.2, 0) is 27.0 Å². The SMILES string of the molecule is O=C(O)CN(Cc1ccc(C(F)(F)F)cc1)C(=O)C1CCCCO1. The number of carboxylic acids is 1. The summed E-state index contributed by atoms with van der Waals surface area (Å²) in [4.78, 5) is 24.5. The number of carbonyl (C=O) groups excluding carboxylic acids is 1. The Morgan fingerprint density at radius 2 is 1.88 bits per heavy atom. The first-order chi connectivity index (χ1) is 11.3. The van der Waals surface area contributed by atoms with Crippen molar-refractivity contribution in [3.8, 4) is 0 Å². The highest BCUT2D eigenvalue weighted by molar-refractivity contribution is 5.84. The summed E-state index contributed by atoms with van der Waals surface area (Å²) < 4.78 is 43.1. The third-order valence-electron chi connectivity index (χ3n) is 3.75. The maximum absolute atomic E-state index is 12.6. The Labute approximate surface area is 137 Å². The summed E-state index contributed by atoms with van der Waals surface area (Å²) >= 11 is 0. The molecule has 0 saturated carbocycles. The van der Waals surface area contributed by atoms with Gasteiger partial charge in [0.05, 0.1) is 5.56 Å². The lowest BCUT2D eigenvalue weighted by atomic mass is 10.1. The third-order valence-corrected chi connectivity index (χ3v) is 3.75. The molecule has 0 spiro atoms. The topological polar surface area (TPSA) is 66.8 Å². The van der Waals surface area contributed by atoms with Gasteiger partial charge in [-0.1, -0.05) is 12.1 Å². The standard InChI is InChI=1S/C16H18F3NO4/c17-16(18,19)12-6-4-11(5-7-12)9-20(10-14(21)22)15(23)13-3-1-2-8-24-13/h4-7,13H,1-3,8-10H2,(H,21,22). The number of amides is 1. The van der Waals surface area contributed by atoms with Gasteiger partial charge in [-0.05, 0) is 37.0 Å². The van der Waals surface area contributed by atoms with Gasteiger partial charge in [0.2, 0.25) is 0 Å². The fourth-order valence-corrected chi connectivity index (χ4v) is 2.53. The van der Waals surface area contributed by atoms with E-state index in [9.17, 15) is 22.8 Å². The van der Waals surface area contributed by atoms with Crippen LogP contribution in [0.2, 0.25) is 0 Å². The fourth-order valence-electron chi connectivity index (χ4n) is 2.53. The van der Waals surface area contributed by atoms with Crippen LogP contribution in [0.4, 0.5) is 13.2 Å². The van der Waals surface area contributed by atoms with E-state index in [0.717, 1.165) is 29.9 Å². The minimum absolute atomic E-state index is 0.0802. The quantitative estimate of drug-likeness (QED) is 0.891. The maximum Gasteiger partial charge on any atom is 0.416 e. The van der Waals surface area contributed by atoms with E-state index < -0.39 is 36.3 Å². The summed E-state index contributed by atoms with van der Waals surface area (Å²) in [6, 6.07) is 4.31. The lowest BCUT2D eigenvalue weighted by Gasteiger charge is -2.28. The summed E-state index contributed by atoms with van der Waals surface area (Å²) in [7, 11) is 0. The highest BCUT2D eigenvalue weighted by atomic mass is 19.4. The Hall–Kier alpha value is -2.09. The highest BCUT2D eigenvalue weighted by Gasteiger charge is 2.31. The van der Waals surface area contributed by atoms with Crippen molar-refractivity contribution in [2.75, 3.05) is 13.2 Å². The molecule has 1 aromatic rings. The van der Waals surface area contributed by atoms with Crippen LogP contribution in [0.5, 0.6) is 0 Å². The van der Waals surface area contributed by atoms with Gasteiger partial charge in [0.1, 0.15) is 12.6 Å². The predicted octanol–water partition coefficient (Wildman–Crippen LogP) is 2.69. The maximum atomic E-state index is 12.6. The molecule has 1 atom stereocenters. The normalized spacial score (nSPS) is 18.2. The molecule has 1 unspecified atom stereocenters. The minimum atomic E-state index is -4.44. The lowest BCUT2D eigenvalue weighted by Crippen LogP contribution is -2.43. The van der Waals surface area contributed by atoms with Gasteiger partial charge in [0.25, 0.3) is 5.91 Å². The molecular formula is C16H18F3NO4. The van der Waals surface area contributed by atoms with Crippen LogP contribution in [0, 0.1) is 0 Å². The molecular weight excluding hydrogens is 327 g/mol. The van der Waals surface area contributed by atoms with Crippen molar-refractivity contribution in [3.05, 3.63) is 35.4 Å². The molecule has 0 aliphatic carbocycles. The van der Waals surface area contributed by atoms with E-state index in [4.69, 9.17) is 9.84 Å². The van der Waals surface area contributed by atoms with Crippen molar-refractivity contribution in [1.29, 1.82) is 0 Å². The van der Waals surface area contributed by atoms with Gasteiger partial charge in [-0.15, -0.1) is 0 Å². The monoisotopic (exact) mass is 345 g/mol. The highest BCUT2D eigenvalue weighted by Crippen LogP contribution is 2.29. The number of aliphatic carboxylic acids is 1. The molecule has 1 aliphatic heterocycles. The molecule has 8 heteroatoms. The predicted molar refractivity (Wildman–Crippen MR) is 78.1 cm³/mol. The van der Waals surface area contributed by atoms with E-state index in [1.165, 1.54) is 12.1 Å². The number of carbonyl (C=O) groups is 2. The van der Waals surface area contributed by atoms with Crippen LogP contribution in [0.3, 0.4) is 0 Å². The Bertz CT molecular complexity index is 580. The largest absolute Gasteiger partial charge is 0.480 e. The van der Waals surface area contributed by atoms with Crippen molar-refractivity contribution < 1.29 is 32.6 Å². The number of halogens is 3. The first kappa shape index (κ1) is 18.3. The molecule has 132 valence electrons. The molecule has 1 N–H and O–H groups in total. The second-order valence-electron chi connectivity index (χ2n) is 5.64. The van der Waals surface area contributed by atoms with Gasteiger partial charge in [0.15, 0.2) is 0 Å². The van der Waals surface area contributed by atoms with Crippen molar-refractivity contribution in [2.45, 2.75) is 38.1 Å². The van der Waals surface area contributed by atoms with Gasteiger partial charge in [0, 0.05) is 13.2 Å². The van der Waals surface area contributed by atoms with Gasteiger partial charge in [-0.25, -0.2) is 0 Å². The van der Waals surface area contributed by atoms with Crippen LogP contribution >= 0.6 is 0 Å². The lowest BCUT2D eigenvalue weighted by molar-refractivity contribution is -0.153. The Morgan fingerprint density at radius 1 is 1.21 bits per heavy atom. The second-order valence-corrected chi connectivity index (χ2v) is 5.64. The fraction of sp³-hybridized carbons (Fsp3) is 0.500. The van der Waals surface area contributed by atoms with E-state index in [1.807, 2.05) is 0 Å². The Balaban J connectivity index is 2.10. The van der Waals surface area contributed by atoms with Gasteiger partial charge in [-0.2, -0.15) is 13.2 Å². The number of hydrogen-bond donors (Lipinski definition) is 1. The molecule has 0 radical (unpaired) electrons. The summed E-state index contributed by atoms with van der Waals surface area (Å²) in [5, 5.41) is 8.98. The first-order valence-corrected chi connectivity index (χ1v) is 7.55. The van der Waals surface area contributed by atoms with Crippen molar-refractivity contribution >= 4 is 11.9 Å². The first-order valence-electron chi connectivity index (χ1n) is 7.55. The van der Waals surface area contributed by atoms with Crippen molar-refractivity contribution in [2.24, 2.45) is 0 Å². The molecule has 1 amide bonds. The van der Waals surface area contributed by atoms with Crippen molar-refractivity contribution in [1.82, 2.24) is 4.90 Å². The molecule has 2 rings (SSSR count). The van der Waals surface area contributed by atoms with Gasteiger partial charge in [-0.3, -0.25) is 9.59 Å². The molecule has 1 fully saturated rings. The van der Waals surface area contributed by atoms with Crippen LogP contribution in [-0.4, -0.2) is 41.1 Å². The van der Waals surface area contributed by atoms with Crippen LogP contribution < -0.4 is 0 Å². The minimum Gasteiger partial charge on any atom is -0.480 e. The van der Waals surface area contributed by atoms with E-state index in [2.05, 4.69) is 0 Å². The number of ether oxygens (including phenoxy) is 1. The summed E-state index contributed by atoms with van der Waals surface area (Å²) in [5.41, 5.74) is -0.369. The number of carboxylic acid groups (broad SMARTS) is 1. The summed E-state index contributed by atoms with van der Waals surface area (Å²) in [6.45, 7) is -0.166. The number of hydrogen-bond acceptors (Lipinski definition) is 3. The zero-order valence-electron chi connectivity index (χ0n) is 12.9. The van der Waals surface area contributed by atoms with Gasteiger partial charge >= 0.3 is 12.1 Å². The molecule has 1 aromatic carbocycles. The van der Waals surface area contributed by atoms with E-state index >= 15 is 0 Å². The van der Waals surface area contributed by atoms with Crippen LogP contribution in [0.25, 0.3) is 0 Å². The number of alkyl halides is 3. The third kappa shape index (κ3) is 4.95. The summed E-state index contributed by atoms with van der Waals surface area (Å²) in [5.74, 6) is -1.64. The average Bonchev–Trinajstić information content (AvgIpc) is 2.53. The smallest absolute Gasteiger partial charge is 0.416 e. The number of nitrogens with zero attached hydrogens (tertiary/aromatic N) is 1. The Kier molecular flexibility index (Phi) is 5.82.